The zero-order valence-electron chi connectivity index (χ0n) is 13.3. The first kappa shape index (κ1) is 14.5. The molecule has 0 spiro atoms. The number of nitrogens with zero attached hydrogens (tertiary/aromatic N) is 6. The van der Waals surface area contributed by atoms with Gasteiger partial charge in [-0.3, -0.25) is 0 Å². The first-order chi connectivity index (χ1) is 11.7. The summed E-state index contributed by atoms with van der Waals surface area (Å²) in [7, 11) is 0. The van der Waals surface area contributed by atoms with Crippen molar-refractivity contribution < 1.29 is 0 Å². The van der Waals surface area contributed by atoms with E-state index in [1.807, 2.05) is 35.9 Å². The summed E-state index contributed by atoms with van der Waals surface area (Å²) in [6.07, 6.45) is 7.62. The number of nitriles is 1. The van der Waals surface area contributed by atoms with E-state index in [-0.39, 0.29) is 0 Å². The summed E-state index contributed by atoms with van der Waals surface area (Å²) in [5.74, 6) is 1.38. The van der Waals surface area contributed by atoms with Gasteiger partial charge in [-0.25, -0.2) is 10.1 Å². The molecule has 1 aromatic carbocycles. The van der Waals surface area contributed by atoms with Crippen LogP contribution in [0.3, 0.4) is 0 Å². The third-order valence-corrected chi connectivity index (χ3v) is 4.20. The fourth-order valence-electron chi connectivity index (χ4n) is 2.76. The summed E-state index contributed by atoms with van der Waals surface area (Å²) >= 11 is 0. The summed E-state index contributed by atoms with van der Waals surface area (Å²) in [6, 6.07) is 8.15. The Hall–Kier alpha value is -3.14. The highest BCUT2D eigenvalue weighted by molar-refractivity contribution is 5.64. The van der Waals surface area contributed by atoms with Gasteiger partial charge in [0.2, 0.25) is 5.95 Å². The third kappa shape index (κ3) is 2.74. The van der Waals surface area contributed by atoms with Crippen molar-refractivity contribution in [3.05, 3.63) is 48.3 Å². The largest absolute Gasteiger partial charge is 0.311 e. The lowest BCUT2D eigenvalue weighted by atomic mass is 10.1. The second kappa shape index (κ2) is 5.81. The van der Waals surface area contributed by atoms with E-state index >= 15 is 0 Å². The molecule has 1 fully saturated rings. The number of aryl methyl sites for hydroxylation is 1. The minimum absolute atomic E-state index is 0.602. The molecule has 7 heteroatoms. The van der Waals surface area contributed by atoms with Gasteiger partial charge in [-0.1, -0.05) is 0 Å². The summed E-state index contributed by atoms with van der Waals surface area (Å²) < 4.78 is 1.87. The number of anilines is 2. The average molecular weight is 319 g/mol. The number of H-pyrrole nitrogens is 1. The van der Waals surface area contributed by atoms with Crippen LogP contribution in [0.4, 0.5) is 11.6 Å². The van der Waals surface area contributed by atoms with Crippen molar-refractivity contribution >= 4 is 11.6 Å². The highest BCUT2D eigenvalue weighted by atomic mass is 15.3. The lowest BCUT2D eigenvalue weighted by molar-refractivity contribution is 0.793. The Labute approximate surface area is 139 Å². The number of hydrogen-bond donors (Lipinski definition) is 1. The molecule has 2 heterocycles. The summed E-state index contributed by atoms with van der Waals surface area (Å²) in [4.78, 5) is 10.6. The molecule has 2 aromatic heterocycles. The van der Waals surface area contributed by atoms with Gasteiger partial charge in [0, 0.05) is 18.4 Å². The topological polar surface area (TPSA) is 86.4 Å². The first-order valence-electron chi connectivity index (χ1n) is 7.92. The number of nitrogens with one attached hydrogen (secondary N) is 1. The van der Waals surface area contributed by atoms with Crippen molar-refractivity contribution in [3.63, 3.8) is 0 Å². The molecule has 0 atom stereocenters. The van der Waals surface area contributed by atoms with Crippen LogP contribution in [0.5, 0.6) is 0 Å². The van der Waals surface area contributed by atoms with Crippen LogP contribution in [0.25, 0.3) is 5.69 Å². The Kier molecular flexibility index (Phi) is 3.50. The van der Waals surface area contributed by atoms with Gasteiger partial charge >= 0.3 is 0 Å². The summed E-state index contributed by atoms with van der Waals surface area (Å²) in [5.41, 5.74) is 3.28. The number of aromatic amines is 1. The van der Waals surface area contributed by atoms with Crippen LogP contribution in [0, 0.1) is 24.2 Å². The molecular weight excluding hydrogens is 302 g/mol. The van der Waals surface area contributed by atoms with Gasteiger partial charge < -0.3 is 9.47 Å². The molecule has 1 saturated carbocycles. The van der Waals surface area contributed by atoms with E-state index in [9.17, 15) is 5.26 Å². The summed E-state index contributed by atoms with van der Waals surface area (Å²) in [5, 5.41) is 16.5. The molecule has 1 aliphatic carbocycles. The quantitative estimate of drug-likeness (QED) is 0.781. The number of hydrogen-bond acceptors (Lipinski definition) is 5. The maximum absolute atomic E-state index is 9.58. The van der Waals surface area contributed by atoms with Gasteiger partial charge in [0.15, 0.2) is 0 Å². The fraction of sp³-hybridized carbons (Fsp3) is 0.294. The number of imidazole rings is 1. The molecule has 0 amide bonds. The van der Waals surface area contributed by atoms with Crippen molar-refractivity contribution in [2.45, 2.75) is 19.8 Å². The Morgan fingerprint density at radius 3 is 2.88 bits per heavy atom. The molecule has 4 rings (SSSR count). The molecule has 0 radical (unpaired) electrons. The van der Waals surface area contributed by atoms with E-state index in [0.29, 0.717) is 17.4 Å². The lowest BCUT2D eigenvalue weighted by Gasteiger charge is -2.22. The molecule has 1 N–H and O–H groups in total. The zero-order valence-corrected chi connectivity index (χ0v) is 13.3. The van der Waals surface area contributed by atoms with Crippen molar-refractivity contribution in [3.8, 4) is 11.8 Å². The van der Waals surface area contributed by atoms with Crippen molar-refractivity contribution in [2.24, 2.45) is 5.92 Å². The monoisotopic (exact) mass is 319 g/mol. The van der Waals surface area contributed by atoms with E-state index in [1.165, 1.54) is 19.2 Å². The smallest absolute Gasteiger partial charge is 0.225 e. The Balaban J connectivity index is 1.73. The van der Waals surface area contributed by atoms with Gasteiger partial charge in [0.05, 0.1) is 23.3 Å². The van der Waals surface area contributed by atoms with Gasteiger partial charge in [0.1, 0.15) is 12.4 Å². The van der Waals surface area contributed by atoms with Crippen LogP contribution < -0.4 is 4.90 Å². The Bertz CT molecular complexity index is 884. The van der Waals surface area contributed by atoms with Crippen molar-refractivity contribution in [2.75, 3.05) is 11.4 Å². The van der Waals surface area contributed by atoms with Gasteiger partial charge in [-0.15, -0.1) is 0 Å². The number of benzene rings is 1. The first-order valence-corrected chi connectivity index (χ1v) is 7.92. The fourth-order valence-corrected chi connectivity index (χ4v) is 2.76. The molecular formula is C17H17N7. The van der Waals surface area contributed by atoms with E-state index in [2.05, 4.69) is 31.1 Å². The molecule has 120 valence electrons. The maximum atomic E-state index is 9.58. The molecule has 0 aliphatic heterocycles. The minimum atomic E-state index is 0.602. The second-order valence-corrected chi connectivity index (χ2v) is 6.10. The van der Waals surface area contributed by atoms with E-state index in [1.54, 1.807) is 6.33 Å². The standard InChI is InChI=1S/C17H17N7/c1-12-8-23(11-20-12)16-5-4-15(6-14(16)7-18)24(9-13-2-3-13)17-19-10-21-22-17/h4-6,8,10-11,13H,2-3,9H2,1H3,(H,19,21,22). The van der Waals surface area contributed by atoms with Gasteiger partial charge in [0.25, 0.3) is 0 Å². The van der Waals surface area contributed by atoms with Gasteiger partial charge in [-0.05, 0) is 43.9 Å². The predicted molar refractivity (Wildman–Crippen MR) is 89.1 cm³/mol. The van der Waals surface area contributed by atoms with E-state index < -0.39 is 0 Å². The second-order valence-electron chi connectivity index (χ2n) is 6.10. The van der Waals surface area contributed by atoms with Crippen molar-refractivity contribution in [1.82, 2.24) is 24.7 Å². The average Bonchev–Trinajstić information content (AvgIpc) is 3.07. The third-order valence-electron chi connectivity index (χ3n) is 4.20. The maximum Gasteiger partial charge on any atom is 0.225 e. The van der Waals surface area contributed by atoms with Crippen LogP contribution in [-0.2, 0) is 0 Å². The van der Waals surface area contributed by atoms with Gasteiger partial charge in [-0.2, -0.15) is 15.3 Å². The van der Waals surface area contributed by atoms with E-state index in [4.69, 9.17) is 0 Å². The highest BCUT2D eigenvalue weighted by Crippen LogP contribution is 2.34. The van der Waals surface area contributed by atoms with Crippen LogP contribution in [0.1, 0.15) is 24.1 Å². The summed E-state index contributed by atoms with van der Waals surface area (Å²) in [6.45, 7) is 2.81. The van der Waals surface area contributed by atoms with Crippen LogP contribution in [-0.4, -0.2) is 31.3 Å². The minimum Gasteiger partial charge on any atom is -0.311 e. The molecule has 0 saturated heterocycles. The lowest BCUT2D eigenvalue weighted by Crippen LogP contribution is -2.21. The van der Waals surface area contributed by atoms with Crippen LogP contribution in [0.15, 0.2) is 37.1 Å². The predicted octanol–water partition coefficient (Wildman–Crippen LogP) is 2.72. The number of rotatable bonds is 5. The molecule has 24 heavy (non-hydrogen) atoms. The Morgan fingerprint density at radius 2 is 2.25 bits per heavy atom. The molecule has 1 aliphatic rings. The molecule has 0 unspecified atom stereocenters. The van der Waals surface area contributed by atoms with Crippen LogP contribution in [0.2, 0.25) is 0 Å². The van der Waals surface area contributed by atoms with Crippen LogP contribution >= 0.6 is 0 Å². The Morgan fingerprint density at radius 1 is 1.38 bits per heavy atom. The SMILES string of the molecule is Cc1cn(-c2ccc(N(CC3CC3)c3ncn[nH]3)cc2C#N)cn1. The molecule has 0 bridgehead atoms. The van der Waals surface area contributed by atoms with E-state index in [0.717, 1.165) is 23.6 Å². The molecule has 3 aromatic rings. The number of aromatic nitrogens is 5. The zero-order chi connectivity index (χ0) is 16.5. The van der Waals surface area contributed by atoms with Crippen molar-refractivity contribution in [1.29, 1.82) is 5.26 Å². The molecule has 7 nitrogen and oxygen atoms in total. The normalized spacial score (nSPS) is 13.7. The highest BCUT2D eigenvalue weighted by Gasteiger charge is 2.26.